The normalized spacial score (nSPS) is 49.8. The lowest BCUT2D eigenvalue weighted by atomic mass is 9.94. The monoisotopic (exact) mass is 1100 g/mol. The van der Waals surface area contributed by atoms with Crippen LogP contribution in [0.5, 0.6) is 0 Å². The fourth-order valence-electron chi connectivity index (χ4n) is 9.49. The average molecular weight is 1100 g/mol. The molecule has 0 aliphatic carbocycles. The van der Waals surface area contributed by atoms with Gasteiger partial charge in [-0.25, -0.2) is 0 Å². The van der Waals surface area contributed by atoms with E-state index in [4.69, 9.17) is 71.1 Å². The lowest BCUT2D eigenvalue weighted by Crippen LogP contribution is -2.69. The summed E-state index contributed by atoms with van der Waals surface area (Å²) < 4.78 is 84.8. The summed E-state index contributed by atoms with van der Waals surface area (Å²) in [5.41, 5.74) is 0. The molecule has 0 aromatic rings. The molecule has 12 bridgehead atoms. The molecule has 33 heteroatoms. The molecule has 0 saturated carbocycles. The van der Waals surface area contributed by atoms with Crippen LogP contribution in [0.1, 0.15) is 20.8 Å². The highest BCUT2D eigenvalue weighted by molar-refractivity contribution is 5.66. The second-order valence-electron chi connectivity index (χ2n) is 18.7. The molecular weight excluding hydrogens is 1030 g/mol. The predicted molar refractivity (Wildman–Crippen MR) is 224 cm³/mol. The van der Waals surface area contributed by atoms with E-state index < -0.39 is 242 Å². The SMILES string of the molecule is CC(=O)OCC1OC2OC3C(CO)OC(OC4C(COC(C)=O)OC(OC5C(CO)OC(OC6C(COC(C)=O)OC(OC7C(CO)OC(OC1C(O)C2O)C(O)C7O)C(O)C6O)C(O)C5O)C(O)C4O)C(O)C3O. The molecular formula is C42H66O33. The number of ether oxygens (including phenoxy) is 15. The Bertz CT molecular complexity index is 1660. The van der Waals surface area contributed by atoms with E-state index in [1.54, 1.807) is 0 Å². The molecule has 432 valence electrons. The molecule has 30 unspecified atom stereocenters. The maximum Gasteiger partial charge on any atom is 0.302 e. The Morgan fingerprint density at radius 1 is 0.280 bits per heavy atom. The largest absolute Gasteiger partial charge is 0.463 e. The van der Waals surface area contributed by atoms with Crippen LogP contribution in [-0.4, -0.2) is 318 Å². The fraction of sp³-hybridized carbons (Fsp3) is 0.929. The molecule has 0 amide bonds. The zero-order chi connectivity index (χ0) is 54.9. The average Bonchev–Trinajstić information content (AvgIpc) is 3.37. The second kappa shape index (κ2) is 25.6. The molecule has 0 spiro atoms. The molecule has 0 radical (unpaired) electrons. The third kappa shape index (κ3) is 13.0. The van der Waals surface area contributed by atoms with Crippen LogP contribution >= 0.6 is 0 Å². The molecule has 0 aromatic carbocycles. The molecule has 15 N–H and O–H groups in total. The highest BCUT2D eigenvalue weighted by atomic mass is 16.8. The number of aliphatic hydroxyl groups excluding tert-OH is 15. The lowest BCUT2D eigenvalue weighted by molar-refractivity contribution is -0.404. The molecule has 33 nitrogen and oxygen atoms in total. The molecule has 22 saturated heterocycles. The molecule has 75 heavy (non-hydrogen) atoms. The Kier molecular flexibility index (Phi) is 20.5. The fourth-order valence-corrected chi connectivity index (χ4v) is 9.49. The Hall–Kier alpha value is -2.67. The van der Waals surface area contributed by atoms with Gasteiger partial charge in [0.15, 0.2) is 37.7 Å². The summed E-state index contributed by atoms with van der Waals surface area (Å²) in [6, 6.07) is 0. The van der Waals surface area contributed by atoms with Gasteiger partial charge in [-0.05, 0) is 0 Å². The van der Waals surface area contributed by atoms with Crippen molar-refractivity contribution in [3.05, 3.63) is 0 Å². The van der Waals surface area contributed by atoms with Gasteiger partial charge < -0.3 is 148 Å². The smallest absolute Gasteiger partial charge is 0.302 e. The molecule has 22 fully saturated rings. The van der Waals surface area contributed by atoms with Crippen LogP contribution in [0.25, 0.3) is 0 Å². The Labute approximate surface area is 424 Å². The van der Waals surface area contributed by atoms with Gasteiger partial charge in [-0.3, -0.25) is 14.4 Å². The summed E-state index contributed by atoms with van der Waals surface area (Å²) in [7, 11) is 0. The Balaban J connectivity index is 1.24. The highest BCUT2D eigenvalue weighted by Gasteiger charge is 2.59. The molecule has 22 heterocycles. The van der Waals surface area contributed by atoms with Gasteiger partial charge in [-0.2, -0.15) is 0 Å². The summed E-state index contributed by atoms with van der Waals surface area (Å²) in [4.78, 5) is 35.9. The first-order chi connectivity index (χ1) is 35.5. The number of hydrogen-bond acceptors (Lipinski definition) is 33. The van der Waals surface area contributed by atoms with Crippen LogP contribution in [-0.2, 0) is 85.4 Å². The number of esters is 3. The number of rotatable bonds is 9. The lowest BCUT2D eigenvalue weighted by Gasteiger charge is -2.50. The minimum Gasteiger partial charge on any atom is -0.463 e. The van der Waals surface area contributed by atoms with Crippen molar-refractivity contribution in [3.63, 3.8) is 0 Å². The van der Waals surface area contributed by atoms with E-state index in [1.165, 1.54) is 0 Å². The highest BCUT2D eigenvalue weighted by Crippen LogP contribution is 2.38. The molecule has 0 aromatic heterocycles. The minimum atomic E-state index is -2.22. The van der Waals surface area contributed by atoms with E-state index in [2.05, 4.69) is 0 Å². The van der Waals surface area contributed by atoms with Crippen LogP contribution in [0.3, 0.4) is 0 Å². The van der Waals surface area contributed by atoms with E-state index >= 15 is 0 Å². The quantitative estimate of drug-likeness (QED) is 0.0753. The van der Waals surface area contributed by atoms with Gasteiger partial charge in [0, 0.05) is 20.8 Å². The number of carbonyl (C=O) groups excluding carboxylic acids is 3. The minimum absolute atomic E-state index is 0.790. The third-order valence-electron chi connectivity index (χ3n) is 13.5. The van der Waals surface area contributed by atoms with E-state index in [9.17, 15) is 91.0 Å². The van der Waals surface area contributed by atoms with Crippen molar-refractivity contribution in [2.45, 2.75) is 205 Å². The third-order valence-corrected chi connectivity index (χ3v) is 13.5. The van der Waals surface area contributed by atoms with Crippen LogP contribution in [0, 0.1) is 0 Å². The predicted octanol–water partition coefficient (Wildman–Crippen LogP) is -11.3. The summed E-state index contributed by atoms with van der Waals surface area (Å²) in [6.45, 7) is -2.52. The summed E-state index contributed by atoms with van der Waals surface area (Å²) >= 11 is 0. The van der Waals surface area contributed by atoms with Crippen molar-refractivity contribution in [2.75, 3.05) is 39.6 Å². The molecule has 22 rings (SSSR count). The van der Waals surface area contributed by atoms with Gasteiger partial charge in [-0.1, -0.05) is 0 Å². The van der Waals surface area contributed by atoms with Crippen molar-refractivity contribution in [1.82, 2.24) is 0 Å². The van der Waals surface area contributed by atoms with Gasteiger partial charge in [0.2, 0.25) is 0 Å². The Morgan fingerprint density at radius 3 is 0.600 bits per heavy atom. The summed E-state index contributed by atoms with van der Waals surface area (Å²) in [5, 5.41) is 168. The first kappa shape index (κ1) is 60.0. The standard InChI is InChI=1S/C42H66O33/c1-10(46)61-7-16-34-22(52)28(58)40(67-16)70-31-13(4-43)65-38(26(56)20(31)50)74-35-17(8-62-11(2)47)69-42(30(60)24(35)54)72-33-15(6-45)66-39(27(57)21(33)51)75-36-18(9-63-12(3)48)68-41(29(59)23(36)53)71-32-14(5-44)64-37(73-34)25(55)19(32)49/h13-45,49-60H,4-9H2,1-3H3. The first-order valence-corrected chi connectivity index (χ1v) is 23.7. The molecule has 22 aliphatic heterocycles. The van der Waals surface area contributed by atoms with Crippen molar-refractivity contribution < 1.29 is 162 Å². The second-order valence-corrected chi connectivity index (χ2v) is 18.7. The topological polar surface area (TPSA) is 493 Å². The van der Waals surface area contributed by atoms with E-state index in [0.717, 1.165) is 20.8 Å². The van der Waals surface area contributed by atoms with Gasteiger partial charge in [0.05, 0.1) is 19.8 Å². The van der Waals surface area contributed by atoms with Crippen molar-refractivity contribution >= 4 is 17.9 Å². The van der Waals surface area contributed by atoms with E-state index in [0.29, 0.717) is 0 Å². The van der Waals surface area contributed by atoms with E-state index in [1.807, 2.05) is 0 Å². The molecule has 22 aliphatic rings. The zero-order valence-corrected chi connectivity index (χ0v) is 40.1. The number of hydrogen-bond donors (Lipinski definition) is 15. The Morgan fingerprint density at radius 2 is 0.440 bits per heavy atom. The van der Waals surface area contributed by atoms with Crippen LogP contribution in [0.2, 0.25) is 0 Å². The van der Waals surface area contributed by atoms with Gasteiger partial charge in [-0.15, -0.1) is 0 Å². The number of aliphatic hydroxyl groups is 15. The zero-order valence-electron chi connectivity index (χ0n) is 40.1. The van der Waals surface area contributed by atoms with Gasteiger partial charge in [0.1, 0.15) is 166 Å². The van der Waals surface area contributed by atoms with Crippen molar-refractivity contribution in [3.8, 4) is 0 Å². The van der Waals surface area contributed by atoms with Crippen molar-refractivity contribution in [2.24, 2.45) is 0 Å². The maximum absolute atomic E-state index is 12.0. The summed E-state index contributed by atoms with van der Waals surface area (Å²) in [6.07, 6.45) is -60.4. The molecule has 30 atom stereocenters. The number of carbonyl (C=O) groups is 3. The van der Waals surface area contributed by atoms with Crippen LogP contribution in [0.15, 0.2) is 0 Å². The first-order valence-electron chi connectivity index (χ1n) is 23.7. The van der Waals surface area contributed by atoms with Crippen LogP contribution < -0.4 is 0 Å². The maximum atomic E-state index is 12.0. The van der Waals surface area contributed by atoms with Gasteiger partial charge in [0.25, 0.3) is 0 Å². The van der Waals surface area contributed by atoms with Gasteiger partial charge >= 0.3 is 17.9 Å². The summed E-state index contributed by atoms with van der Waals surface area (Å²) in [5.74, 6) is -2.69. The van der Waals surface area contributed by atoms with E-state index in [-0.39, 0.29) is 0 Å². The van der Waals surface area contributed by atoms with Crippen molar-refractivity contribution in [1.29, 1.82) is 0 Å². The van der Waals surface area contributed by atoms with Crippen LogP contribution in [0.4, 0.5) is 0 Å².